The van der Waals surface area contributed by atoms with Crippen LogP contribution in [0.2, 0.25) is 0 Å². The summed E-state index contributed by atoms with van der Waals surface area (Å²) in [6.07, 6.45) is 1.14. The highest BCUT2D eigenvalue weighted by atomic mass is 32.2. The molecule has 5 nitrogen and oxygen atoms in total. The topological polar surface area (TPSA) is 83.8 Å². The first kappa shape index (κ1) is 14.3. The Morgan fingerprint density at radius 1 is 1.21 bits per heavy atom. The fraction of sp³-hybridized carbons (Fsp3) is 0.538. The van der Waals surface area contributed by atoms with E-state index in [4.69, 9.17) is 4.74 Å². The van der Waals surface area contributed by atoms with Gasteiger partial charge in [0.05, 0.1) is 25.6 Å². The van der Waals surface area contributed by atoms with E-state index in [0.717, 1.165) is 11.8 Å². The number of aliphatic hydroxyl groups excluding tert-OH is 2. The number of sulfone groups is 1. The van der Waals surface area contributed by atoms with Crippen LogP contribution in [0.1, 0.15) is 11.5 Å². The largest absolute Gasteiger partial charge is 0.497 e. The Hall–Kier alpha value is -1.11. The van der Waals surface area contributed by atoms with Gasteiger partial charge in [0.2, 0.25) is 0 Å². The average molecular weight is 286 g/mol. The standard InChI is InChI=1S/C13H18O5S/c1-18-10-5-3-9(4-6-10)11-12(19(2,16)17)13(11,7-14)8-15/h3-6,11-12,14-15H,7-8H2,1-2H3. The number of hydrogen-bond acceptors (Lipinski definition) is 5. The summed E-state index contributed by atoms with van der Waals surface area (Å²) >= 11 is 0. The summed E-state index contributed by atoms with van der Waals surface area (Å²) < 4.78 is 28.6. The Labute approximate surface area is 112 Å². The Balaban J connectivity index is 2.37. The van der Waals surface area contributed by atoms with Crippen LogP contribution in [-0.4, -0.2) is 50.5 Å². The molecule has 1 aromatic carbocycles. The van der Waals surface area contributed by atoms with Gasteiger partial charge in [-0.15, -0.1) is 0 Å². The van der Waals surface area contributed by atoms with Gasteiger partial charge in [-0.3, -0.25) is 0 Å². The summed E-state index contributed by atoms with van der Waals surface area (Å²) in [4.78, 5) is 0. The molecule has 1 fully saturated rings. The van der Waals surface area contributed by atoms with E-state index >= 15 is 0 Å². The fourth-order valence-electron chi connectivity index (χ4n) is 2.87. The van der Waals surface area contributed by atoms with Crippen molar-refractivity contribution in [2.45, 2.75) is 11.2 Å². The third kappa shape index (κ3) is 2.24. The lowest BCUT2D eigenvalue weighted by Gasteiger charge is -2.10. The van der Waals surface area contributed by atoms with Crippen molar-refractivity contribution in [3.63, 3.8) is 0 Å². The van der Waals surface area contributed by atoms with Gasteiger partial charge in [-0.1, -0.05) is 12.1 Å². The van der Waals surface area contributed by atoms with Crippen LogP contribution in [0.4, 0.5) is 0 Å². The predicted molar refractivity (Wildman–Crippen MR) is 71.0 cm³/mol. The molecule has 2 unspecified atom stereocenters. The van der Waals surface area contributed by atoms with E-state index < -0.39 is 20.5 Å². The number of benzene rings is 1. The zero-order valence-corrected chi connectivity index (χ0v) is 11.7. The van der Waals surface area contributed by atoms with E-state index in [-0.39, 0.29) is 19.1 Å². The van der Waals surface area contributed by atoms with Gasteiger partial charge in [-0.2, -0.15) is 0 Å². The van der Waals surface area contributed by atoms with Crippen LogP contribution in [0.3, 0.4) is 0 Å². The summed E-state index contributed by atoms with van der Waals surface area (Å²) in [7, 11) is -1.77. The van der Waals surface area contributed by atoms with E-state index in [0.29, 0.717) is 5.75 Å². The minimum Gasteiger partial charge on any atom is -0.497 e. The second-order valence-electron chi connectivity index (χ2n) is 5.05. The maximum absolute atomic E-state index is 11.8. The normalized spacial score (nSPS) is 25.1. The molecule has 0 radical (unpaired) electrons. The third-order valence-electron chi connectivity index (χ3n) is 3.90. The van der Waals surface area contributed by atoms with Crippen molar-refractivity contribution in [2.75, 3.05) is 26.6 Å². The van der Waals surface area contributed by atoms with Crippen molar-refractivity contribution in [3.05, 3.63) is 29.8 Å². The average Bonchev–Trinajstić information content (AvgIpc) is 3.09. The quantitative estimate of drug-likeness (QED) is 0.806. The lowest BCUT2D eigenvalue weighted by Crippen LogP contribution is -2.22. The summed E-state index contributed by atoms with van der Waals surface area (Å²) in [5.74, 6) is 0.308. The molecule has 0 amide bonds. The molecule has 0 heterocycles. The van der Waals surface area contributed by atoms with E-state index in [9.17, 15) is 18.6 Å². The molecule has 0 bridgehead atoms. The van der Waals surface area contributed by atoms with Gasteiger partial charge in [0.1, 0.15) is 5.75 Å². The molecule has 0 aromatic heterocycles. The molecule has 1 saturated carbocycles. The number of methoxy groups -OCH3 is 1. The van der Waals surface area contributed by atoms with Crippen molar-refractivity contribution in [1.82, 2.24) is 0 Å². The molecule has 1 aliphatic carbocycles. The van der Waals surface area contributed by atoms with E-state index in [1.165, 1.54) is 0 Å². The minimum atomic E-state index is -3.33. The zero-order chi connectivity index (χ0) is 14.3. The molecule has 2 N–H and O–H groups in total. The molecule has 0 saturated heterocycles. The van der Waals surface area contributed by atoms with Gasteiger partial charge in [-0.05, 0) is 17.7 Å². The molecule has 0 spiro atoms. The zero-order valence-electron chi connectivity index (χ0n) is 10.9. The highest BCUT2D eigenvalue weighted by molar-refractivity contribution is 7.91. The Morgan fingerprint density at radius 2 is 1.74 bits per heavy atom. The predicted octanol–water partition coefficient (Wildman–Crippen LogP) is 0.177. The van der Waals surface area contributed by atoms with E-state index in [2.05, 4.69) is 0 Å². The molecule has 6 heteroatoms. The molecular weight excluding hydrogens is 268 g/mol. The fourth-order valence-corrected chi connectivity index (χ4v) is 4.86. The highest BCUT2D eigenvalue weighted by Gasteiger charge is 2.69. The van der Waals surface area contributed by atoms with Gasteiger partial charge in [0, 0.05) is 17.6 Å². The number of rotatable bonds is 5. The van der Waals surface area contributed by atoms with Crippen LogP contribution in [0.25, 0.3) is 0 Å². The van der Waals surface area contributed by atoms with Crippen LogP contribution in [0.15, 0.2) is 24.3 Å². The van der Waals surface area contributed by atoms with Crippen LogP contribution in [-0.2, 0) is 9.84 Å². The molecule has 0 aliphatic heterocycles. The van der Waals surface area contributed by atoms with Gasteiger partial charge in [-0.25, -0.2) is 8.42 Å². The van der Waals surface area contributed by atoms with Crippen LogP contribution in [0, 0.1) is 5.41 Å². The molecule has 2 rings (SSSR count). The van der Waals surface area contributed by atoms with Crippen LogP contribution in [0.5, 0.6) is 5.75 Å². The summed E-state index contributed by atoms with van der Waals surface area (Å²) in [6, 6.07) is 7.03. The number of aliphatic hydroxyl groups is 2. The maximum Gasteiger partial charge on any atom is 0.151 e. The molecule has 1 aliphatic rings. The number of hydrogen-bond donors (Lipinski definition) is 2. The highest BCUT2D eigenvalue weighted by Crippen LogP contribution is 2.62. The number of ether oxygens (including phenoxy) is 1. The SMILES string of the molecule is COc1ccc(C2C(S(C)(=O)=O)C2(CO)CO)cc1. The lowest BCUT2D eigenvalue weighted by atomic mass is 10.0. The first-order valence-electron chi connectivity index (χ1n) is 5.95. The first-order valence-corrected chi connectivity index (χ1v) is 7.90. The van der Waals surface area contributed by atoms with Crippen LogP contribution >= 0.6 is 0 Å². The third-order valence-corrected chi connectivity index (χ3v) is 5.57. The van der Waals surface area contributed by atoms with Crippen molar-refractivity contribution in [2.24, 2.45) is 5.41 Å². The van der Waals surface area contributed by atoms with Crippen molar-refractivity contribution >= 4 is 9.84 Å². The van der Waals surface area contributed by atoms with E-state index in [1.807, 2.05) is 0 Å². The second kappa shape index (κ2) is 4.77. The van der Waals surface area contributed by atoms with Gasteiger partial charge in [0.15, 0.2) is 9.84 Å². The Kier molecular flexibility index (Phi) is 3.59. The summed E-state index contributed by atoms with van der Waals surface area (Å²) in [5.41, 5.74) is -0.179. The van der Waals surface area contributed by atoms with Crippen molar-refractivity contribution < 1.29 is 23.4 Å². The summed E-state index contributed by atoms with van der Waals surface area (Å²) in [6.45, 7) is -0.699. The van der Waals surface area contributed by atoms with Gasteiger partial charge >= 0.3 is 0 Å². The Bertz CT molecular complexity index is 545. The summed E-state index contributed by atoms with van der Waals surface area (Å²) in [5, 5.41) is 18.2. The second-order valence-corrected chi connectivity index (χ2v) is 7.22. The van der Waals surface area contributed by atoms with E-state index in [1.54, 1.807) is 31.4 Å². The van der Waals surface area contributed by atoms with Crippen LogP contribution < -0.4 is 4.74 Å². The molecule has 1 aromatic rings. The maximum atomic E-state index is 11.8. The lowest BCUT2D eigenvalue weighted by molar-refractivity contribution is 0.130. The minimum absolute atomic E-state index is 0.349. The van der Waals surface area contributed by atoms with Gasteiger partial charge < -0.3 is 14.9 Å². The molecular formula is C13H18O5S. The van der Waals surface area contributed by atoms with Crippen molar-refractivity contribution in [3.8, 4) is 5.75 Å². The van der Waals surface area contributed by atoms with Gasteiger partial charge in [0.25, 0.3) is 0 Å². The van der Waals surface area contributed by atoms with Crippen molar-refractivity contribution in [1.29, 1.82) is 0 Å². The molecule has 106 valence electrons. The molecule has 19 heavy (non-hydrogen) atoms. The first-order chi connectivity index (χ1) is 8.90. The smallest absolute Gasteiger partial charge is 0.151 e. The monoisotopic (exact) mass is 286 g/mol. The molecule has 2 atom stereocenters. The Morgan fingerprint density at radius 3 is 2.05 bits per heavy atom.